The van der Waals surface area contributed by atoms with E-state index in [1.807, 2.05) is 14.1 Å². The van der Waals surface area contributed by atoms with Gasteiger partial charge >= 0.3 is 6.18 Å². The Hall–Kier alpha value is -1.60. The number of aromatic nitrogens is 2. The summed E-state index contributed by atoms with van der Waals surface area (Å²) in [6.07, 6.45) is -1.36. The molecule has 2 heterocycles. The van der Waals surface area contributed by atoms with Gasteiger partial charge in [-0.3, -0.25) is 0 Å². The molecule has 1 atom stereocenters. The second kappa shape index (κ2) is 6.72. The molecule has 1 aromatic heterocycles. The first-order valence-electron chi connectivity index (χ1n) is 8.32. The lowest BCUT2D eigenvalue weighted by Crippen LogP contribution is -2.20. The predicted molar refractivity (Wildman–Crippen MR) is 87.9 cm³/mol. The van der Waals surface area contributed by atoms with E-state index in [1.54, 1.807) is 6.07 Å². The minimum Gasteiger partial charge on any atom is -0.327 e. The molecule has 1 N–H and O–H groups in total. The third-order valence-corrected chi connectivity index (χ3v) is 4.46. The Balaban J connectivity index is 1.98. The van der Waals surface area contributed by atoms with Crippen molar-refractivity contribution in [2.45, 2.75) is 38.0 Å². The van der Waals surface area contributed by atoms with Crippen molar-refractivity contribution in [3.8, 4) is 0 Å². The summed E-state index contributed by atoms with van der Waals surface area (Å²) in [5.41, 5.74) is 0.572. The summed E-state index contributed by atoms with van der Waals surface area (Å²) in [5.74, 6) is 0.862. The average Bonchev–Trinajstić information content (AvgIpc) is 3.13. The van der Waals surface area contributed by atoms with Crippen LogP contribution in [-0.4, -0.2) is 41.6 Å². The summed E-state index contributed by atoms with van der Waals surface area (Å²) < 4.78 is 41.0. The van der Waals surface area contributed by atoms with Crippen molar-refractivity contribution in [2.24, 2.45) is 0 Å². The van der Waals surface area contributed by atoms with E-state index >= 15 is 0 Å². The highest BCUT2D eigenvalue weighted by molar-refractivity contribution is 5.77. The summed E-state index contributed by atoms with van der Waals surface area (Å²) in [6, 6.07) is 4.00. The highest BCUT2D eigenvalue weighted by Crippen LogP contribution is 2.33. The smallest absolute Gasteiger partial charge is 0.327 e. The van der Waals surface area contributed by atoms with Gasteiger partial charge in [-0.2, -0.15) is 13.2 Å². The second-order valence-electron chi connectivity index (χ2n) is 6.63. The summed E-state index contributed by atoms with van der Waals surface area (Å²) >= 11 is 0. The molecule has 2 aromatic rings. The first-order chi connectivity index (χ1) is 11.4. The maximum Gasteiger partial charge on any atom is 0.416 e. The highest BCUT2D eigenvalue weighted by Gasteiger charge is 2.31. The molecule has 0 spiro atoms. The van der Waals surface area contributed by atoms with Crippen molar-refractivity contribution in [3.05, 3.63) is 29.6 Å². The minimum absolute atomic E-state index is 0.131. The lowest BCUT2D eigenvalue weighted by atomic mass is 10.2. The molecule has 1 saturated heterocycles. The van der Waals surface area contributed by atoms with E-state index in [1.165, 1.54) is 0 Å². The standard InChI is InChI=1S/C17H23F3N4/c1-23(2)9-4-10-24-15-7-6-12(17(18,19)20)11-14(15)22-16(24)13-5-3-8-21-13/h6-7,11,13,21H,3-5,8-10H2,1-2H3. The topological polar surface area (TPSA) is 33.1 Å². The first-order valence-corrected chi connectivity index (χ1v) is 8.32. The molecule has 0 bridgehead atoms. The fraction of sp³-hybridized carbons (Fsp3) is 0.588. The molecule has 1 aliphatic heterocycles. The van der Waals surface area contributed by atoms with Crippen LogP contribution in [0.15, 0.2) is 18.2 Å². The largest absolute Gasteiger partial charge is 0.416 e. The molecule has 7 heteroatoms. The number of alkyl halides is 3. The van der Waals surface area contributed by atoms with Gasteiger partial charge in [0.1, 0.15) is 5.82 Å². The number of benzene rings is 1. The van der Waals surface area contributed by atoms with E-state index in [-0.39, 0.29) is 6.04 Å². The predicted octanol–water partition coefficient (Wildman–Crippen LogP) is 3.43. The van der Waals surface area contributed by atoms with Crippen LogP contribution >= 0.6 is 0 Å². The number of nitrogens with zero attached hydrogens (tertiary/aromatic N) is 3. The van der Waals surface area contributed by atoms with Crippen molar-refractivity contribution in [3.63, 3.8) is 0 Å². The molecular weight excluding hydrogens is 317 g/mol. The van der Waals surface area contributed by atoms with Crippen molar-refractivity contribution in [1.29, 1.82) is 0 Å². The van der Waals surface area contributed by atoms with Crippen molar-refractivity contribution >= 4 is 11.0 Å². The van der Waals surface area contributed by atoms with Gasteiger partial charge in [0.2, 0.25) is 0 Å². The van der Waals surface area contributed by atoms with Gasteiger partial charge in [-0.25, -0.2) is 4.98 Å². The van der Waals surface area contributed by atoms with Crippen molar-refractivity contribution in [2.75, 3.05) is 27.2 Å². The number of aryl methyl sites for hydroxylation is 1. The Kier molecular flexibility index (Phi) is 4.83. The molecule has 0 aliphatic carbocycles. The Morgan fingerprint density at radius 3 is 2.75 bits per heavy atom. The minimum atomic E-state index is -4.34. The van der Waals surface area contributed by atoms with Crippen LogP contribution in [0.1, 0.15) is 36.7 Å². The van der Waals surface area contributed by atoms with Gasteiger partial charge in [-0.15, -0.1) is 0 Å². The van der Waals surface area contributed by atoms with Crippen LogP contribution in [0.25, 0.3) is 11.0 Å². The zero-order valence-corrected chi connectivity index (χ0v) is 14.0. The van der Waals surface area contributed by atoms with Crippen molar-refractivity contribution < 1.29 is 13.2 Å². The van der Waals surface area contributed by atoms with E-state index in [0.29, 0.717) is 5.52 Å². The quantitative estimate of drug-likeness (QED) is 0.905. The molecule has 4 nitrogen and oxygen atoms in total. The lowest BCUT2D eigenvalue weighted by Gasteiger charge is -2.15. The van der Waals surface area contributed by atoms with E-state index in [4.69, 9.17) is 0 Å². The third-order valence-electron chi connectivity index (χ3n) is 4.46. The number of halogens is 3. The Bertz CT molecular complexity index is 700. The fourth-order valence-electron chi connectivity index (χ4n) is 3.28. The van der Waals surface area contributed by atoms with Gasteiger partial charge in [0.05, 0.1) is 22.6 Å². The SMILES string of the molecule is CN(C)CCCn1c(C2CCCN2)nc2cc(C(F)(F)F)ccc21. The lowest BCUT2D eigenvalue weighted by molar-refractivity contribution is -0.137. The average molecular weight is 340 g/mol. The summed E-state index contributed by atoms with van der Waals surface area (Å²) in [7, 11) is 4.03. The van der Waals surface area contributed by atoms with Crippen molar-refractivity contribution in [1.82, 2.24) is 19.8 Å². The third kappa shape index (κ3) is 3.57. The number of imidazole rings is 1. The number of hydrogen-bond donors (Lipinski definition) is 1. The second-order valence-corrected chi connectivity index (χ2v) is 6.63. The molecule has 132 valence electrons. The molecule has 3 rings (SSSR count). The molecular formula is C17H23F3N4. The van der Waals surface area contributed by atoms with Crippen LogP contribution in [0.3, 0.4) is 0 Å². The zero-order valence-electron chi connectivity index (χ0n) is 14.0. The zero-order chi connectivity index (χ0) is 17.3. The van der Waals surface area contributed by atoms with Gasteiger partial charge in [-0.1, -0.05) is 0 Å². The Morgan fingerprint density at radius 1 is 1.33 bits per heavy atom. The molecule has 0 amide bonds. The number of fused-ring (bicyclic) bond motifs is 1. The Labute approximate surface area is 139 Å². The number of nitrogens with one attached hydrogen (secondary N) is 1. The van der Waals surface area contributed by atoms with E-state index in [0.717, 1.165) is 62.4 Å². The molecule has 1 aromatic carbocycles. The maximum absolute atomic E-state index is 13.0. The fourth-order valence-corrected chi connectivity index (χ4v) is 3.28. The highest BCUT2D eigenvalue weighted by atomic mass is 19.4. The normalized spacial score (nSPS) is 18.8. The van der Waals surface area contributed by atoms with Crippen LogP contribution in [0.5, 0.6) is 0 Å². The summed E-state index contributed by atoms with van der Waals surface area (Å²) in [6.45, 7) is 2.62. The Morgan fingerprint density at radius 2 is 2.12 bits per heavy atom. The van der Waals surface area contributed by atoms with Gasteiger partial charge in [0.25, 0.3) is 0 Å². The molecule has 0 saturated carbocycles. The van der Waals surface area contributed by atoms with E-state index in [9.17, 15) is 13.2 Å². The molecule has 24 heavy (non-hydrogen) atoms. The van der Waals surface area contributed by atoms with Crippen LogP contribution in [-0.2, 0) is 12.7 Å². The van der Waals surface area contributed by atoms with Gasteiger partial charge in [-0.05, 0) is 64.6 Å². The first kappa shape index (κ1) is 17.2. The van der Waals surface area contributed by atoms with E-state index in [2.05, 4.69) is 19.8 Å². The molecule has 0 radical (unpaired) electrons. The van der Waals surface area contributed by atoms with Crippen LogP contribution in [0.4, 0.5) is 13.2 Å². The summed E-state index contributed by atoms with van der Waals surface area (Å²) in [5, 5.41) is 3.40. The van der Waals surface area contributed by atoms with Crippen LogP contribution in [0.2, 0.25) is 0 Å². The molecule has 1 aliphatic rings. The maximum atomic E-state index is 13.0. The number of rotatable bonds is 5. The van der Waals surface area contributed by atoms with E-state index < -0.39 is 11.7 Å². The van der Waals surface area contributed by atoms with Crippen LogP contribution < -0.4 is 5.32 Å². The van der Waals surface area contributed by atoms with Gasteiger partial charge in [0, 0.05) is 6.54 Å². The molecule has 1 fully saturated rings. The molecule has 1 unspecified atom stereocenters. The number of hydrogen-bond acceptors (Lipinski definition) is 3. The van der Waals surface area contributed by atoms with Gasteiger partial charge in [0.15, 0.2) is 0 Å². The summed E-state index contributed by atoms with van der Waals surface area (Å²) in [4.78, 5) is 6.66. The van der Waals surface area contributed by atoms with Gasteiger partial charge < -0.3 is 14.8 Å². The van der Waals surface area contributed by atoms with Crippen LogP contribution in [0, 0.1) is 0 Å². The monoisotopic (exact) mass is 340 g/mol.